The molecule has 0 atom stereocenters. The summed E-state index contributed by atoms with van der Waals surface area (Å²) in [5.41, 5.74) is 6.09. The standard InChI is InChI=1S/C11H16N2OS/c1-15-10-6-3-2-5-9(10)11(14)13-8-4-7-12/h2-3,5-6H,4,7-8,12H2,1H3,(H,13,14). The molecule has 0 fully saturated rings. The summed E-state index contributed by atoms with van der Waals surface area (Å²) in [5, 5.41) is 2.84. The van der Waals surface area contributed by atoms with E-state index in [1.54, 1.807) is 11.8 Å². The highest BCUT2D eigenvalue weighted by Crippen LogP contribution is 2.19. The van der Waals surface area contributed by atoms with Gasteiger partial charge in [0.15, 0.2) is 0 Å². The molecule has 0 bridgehead atoms. The molecule has 0 unspecified atom stereocenters. The fourth-order valence-electron chi connectivity index (χ4n) is 1.23. The highest BCUT2D eigenvalue weighted by atomic mass is 32.2. The first kappa shape index (κ1) is 12.1. The first-order valence-corrected chi connectivity index (χ1v) is 6.13. The average molecular weight is 224 g/mol. The Kier molecular flexibility index (Phi) is 5.21. The lowest BCUT2D eigenvalue weighted by atomic mass is 10.2. The van der Waals surface area contributed by atoms with Crippen molar-refractivity contribution in [1.82, 2.24) is 5.32 Å². The third-order valence-corrected chi connectivity index (χ3v) is 2.81. The van der Waals surface area contributed by atoms with Crippen molar-refractivity contribution in [2.75, 3.05) is 19.3 Å². The van der Waals surface area contributed by atoms with E-state index in [0.717, 1.165) is 16.9 Å². The number of nitrogens with one attached hydrogen (secondary N) is 1. The first-order chi connectivity index (χ1) is 7.29. The molecule has 0 aromatic heterocycles. The fourth-order valence-corrected chi connectivity index (χ4v) is 1.83. The molecular formula is C11H16N2OS. The summed E-state index contributed by atoms with van der Waals surface area (Å²) < 4.78 is 0. The zero-order chi connectivity index (χ0) is 11.1. The molecule has 1 aromatic carbocycles. The number of hydrogen-bond acceptors (Lipinski definition) is 3. The van der Waals surface area contributed by atoms with Gasteiger partial charge in [0.05, 0.1) is 5.56 Å². The lowest BCUT2D eigenvalue weighted by molar-refractivity contribution is 0.0950. The van der Waals surface area contributed by atoms with Crippen LogP contribution in [-0.2, 0) is 0 Å². The highest BCUT2D eigenvalue weighted by Gasteiger charge is 2.08. The number of benzene rings is 1. The molecule has 3 nitrogen and oxygen atoms in total. The van der Waals surface area contributed by atoms with Crippen LogP contribution in [0.5, 0.6) is 0 Å². The number of thioether (sulfide) groups is 1. The molecule has 0 saturated carbocycles. The van der Waals surface area contributed by atoms with E-state index in [0.29, 0.717) is 13.1 Å². The molecule has 0 aliphatic carbocycles. The van der Waals surface area contributed by atoms with Crippen molar-refractivity contribution < 1.29 is 4.79 Å². The number of amides is 1. The molecule has 0 aliphatic rings. The molecule has 1 aromatic rings. The molecular weight excluding hydrogens is 208 g/mol. The van der Waals surface area contributed by atoms with Gasteiger partial charge in [0.2, 0.25) is 0 Å². The van der Waals surface area contributed by atoms with Crippen LogP contribution >= 0.6 is 11.8 Å². The minimum absolute atomic E-state index is 0.0200. The average Bonchev–Trinajstić information content (AvgIpc) is 2.29. The molecule has 15 heavy (non-hydrogen) atoms. The molecule has 3 N–H and O–H groups in total. The van der Waals surface area contributed by atoms with Crippen molar-refractivity contribution in [2.45, 2.75) is 11.3 Å². The Hall–Kier alpha value is -1.00. The van der Waals surface area contributed by atoms with Gasteiger partial charge < -0.3 is 11.1 Å². The van der Waals surface area contributed by atoms with Crippen LogP contribution in [0.3, 0.4) is 0 Å². The van der Waals surface area contributed by atoms with Crippen LogP contribution in [0.4, 0.5) is 0 Å². The smallest absolute Gasteiger partial charge is 0.252 e. The largest absolute Gasteiger partial charge is 0.352 e. The first-order valence-electron chi connectivity index (χ1n) is 4.91. The van der Waals surface area contributed by atoms with Crippen LogP contribution in [0.1, 0.15) is 16.8 Å². The van der Waals surface area contributed by atoms with Crippen molar-refractivity contribution in [3.63, 3.8) is 0 Å². The summed E-state index contributed by atoms with van der Waals surface area (Å²) in [6, 6.07) is 7.59. The van der Waals surface area contributed by atoms with Crippen LogP contribution in [0.15, 0.2) is 29.2 Å². The summed E-state index contributed by atoms with van der Waals surface area (Å²) in [4.78, 5) is 12.7. The lowest BCUT2D eigenvalue weighted by Gasteiger charge is -2.07. The van der Waals surface area contributed by atoms with Gasteiger partial charge >= 0.3 is 0 Å². The van der Waals surface area contributed by atoms with Gasteiger partial charge in [0.25, 0.3) is 5.91 Å². The van der Waals surface area contributed by atoms with Crippen LogP contribution in [-0.4, -0.2) is 25.3 Å². The molecule has 0 spiro atoms. The molecule has 82 valence electrons. The number of carbonyl (C=O) groups excluding carboxylic acids is 1. The molecule has 0 heterocycles. The highest BCUT2D eigenvalue weighted by molar-refractivity contribution is 7.98. The van der Waals surface area contributed by atoms with Gasteiger partial charge in [-0.1, -0.05) is 12.1 Å². The molecule has 0 aliphatic heterocycles. The SMILES string of the molecule is CSc1ccccc1C(=O)NCCCN. The van der Waals surface area contributed by atoms with E-state index in [4.69, 9.17) is 5.73 Å². The second-order valence-electron chi connectivity index (χ2n) is 3.10. The number of rotatable bonds is 5. The van der Waals surface area contributed by atoms with Crippen molar-refractivity contribution in [3.05, 3.63) is 29.8 Å². The van der Waals surface area contributed by atoms with Crippen molar-refractivity contribution in [3.8, 4) is 0 Å². The Bertz CT molecular complexity index is 328. The summed E-state index contributed by atoms with van der Waals surface area (Å²) in [7, 11) is 0. The van der Waals surface area contributed by atoms with E-state index >= 15 is 0 Å². The monoisotopic (exact) mass is 224 g/mol. The normalized spacial score (nSPS) is 10.0. The summed E-state index contributed by atoms with van der Waals surface area (Å²) in [6.07, 6.45) is 2.78. The number of nitrogens with two attached hydrogens (primary N) is 1. The van der Waals surface area contributed by atoms with Gasteiger partial charge in [-0.25, -0.2) is 0 Å². The Morgan fingerprint density at radius 3 is 2.87 bits per heavy atom. The molecule has 0 radical (unpaired) electrons. The minimum atomic E-state index is -0.0200. The summed E-state index contributed by atoms with van der Waals surface area (Å²) >= 11 is 1.58. The third-order valence-electron chi connectivity index (χ3n) is 2.02. The Balaban J connectivity index is 2.64. The molecule has 4 heteroatoms. The fraction of sp³-hybridized carbons (Fsp3) is 0.364. The van der Waals surface area contributed by atoms with E-state index in [9.17, 15) is 4.79 Å². The molecule has 0 saturated heterocycles. The van der Waals surface area contributed by atoms with Gasteiger partial charge in [0.1, 0.15) is 0 Å². The van der Waals surface area contributed by atoms with Crippen LogP contribution in [0.25, 0.3) is 0 Å². The molecule has 1 amide bonds. The van der Waals surface area contributed by atoms with E-state index < -0.39 is 0 Å². The summed E-state index contributed by atoms with van der Waals surface area (Å²) in [6.45, 7) is 1.24. The minimum Gasteiger partial charge on any atom is -0.352 e. The second kappa shape index (κ2) is 6.48. The maximum Gasteiger partial charge on any atom is 0.252 e. The van der Waals surface area contributed by atoms with Gasteiger partial charge in [-0.3, -0.25) is 4.79 Å². The van der Waals surface area contributed by atoms with Gasteiger partial charge in [-0.2, -0.15) is 0 Å². The van der Waals surface area contributed by atoms with E-state index in [1.165, 1.54) is 0 Å². The quantitative estimate of drug-likeness (QED) is 0.588. The Labute approximate surface area is 94.4 Å². The second-order valence-corrected chi connectivity index (χ2v) is 3.95. The van der Waals surface area contributed by atoms with Gasteiger partial charge in [-0.05, 0) is 31.4 Å². The number of hydrogen-bond donors (Lipinski definition) is 2. The van der Waals surface area contributed by atoms with Gasteiger partial charge in [0, 0.05) is 11.4 Å². The molecule has 1 rings (SSSR count). The van der Waals surface area contributed by atoms with Crippen LogP contribution in [0.2, 0.25) is 0 Å². The predicted molar refractivity (Wildman–Crippen MR) is 64.2 cm³/mol. The zero-order valence-corrected chi connectivity index (χ0v) is 9.64. The van der Waals surface area contributed by atoms with Crippen molar-refractivity contribution >= 4 is 17.7 Å². The van der Waals surface area contributed by atoms with E-state index in [2.05, 4.69) is 5.32 Å². The maximum atomic E-state index is 11.7. The van der Waals surface area contributed by atoms with Crippen LogP contribution in [0, 0.1) is 0 Å². The third kappa shape index (κ3) is 3.57. The van der Waals surface area contributed by atoms with Crippen molar-refractivity contribution in [2.24, 2.45) is 5.73 Å². The lowest BCUT2D eigenvalue weighted by Crippen LogP contribution is -2.26. The van der Waals surface area contributed by atoms with Crippen LogP contribution < -0.4 is 11.1 Å². The maximum absolute atomic E-state index is 11.7. The van der Waals surface area contributed by atoms with E-state index in [1.807, 2.05) is 30.5 Å². The van der Waals surface area contributed by atoms with Crippen molar-refractivity contribution in [1.29, 1.82) is 0 Å². The Morgan fingerprint density at radius 1 is 1.47 bits per heavy atom. The van der Waals surface area contributed by atoms with E-state index in [-0.39, 0.29) is 5.91 Å². The topological polar surface area (TPSA) is 55.1 Å². The number of carbonyl (C=O) groups is 1. The summed E-state index contributed by atoms with van der Waals surface area (Å²) in [5.74, 6) is -0.0200. The Morgan fingerprint density at radius 2 is 2.20 bits per heavy atom. The zero-order valence-electron chi connectivity index (χ0n) is 8.82. The predicted octanol–water partition coefficient (Wildman–Crippen LogP) is 1.49. The van der Waals surface area contributed by atoms with Gasteiger partial charge in [-0.15, -0.1) is 11.8 Å².